The Morgan fingerprint density at radius 3 is 2.52 bits per heavy atom. The number of allylic oxidation sites excluding steroid dienone is 1. The first kappa shape index (κ1) is 46.9. The van der Waals surface area contributed by atoms with E-state index in [-0.39, 0.29) is 43.5 Å². The van der Waals surface area contributed by atoms with Crippen LogP contribution in [0, 0.1) is 17.8 Å². The lowest BCUT2D eigenvalue weighted by atomic mass is 9.55. The first-order valence-electron chi connectivity index (χ1n) is 23.9. The SMILES string of the molecule is C=CCOC12Oc3ccc(OCCSc4ccccc4)cc3C3C(CCCCO)C(CCCCO)C=C(C(=NOC4CCCCO4)CC1N(CCC)C(=O)c1ccc4ccccc4c1)C32. The Hall–Kier alpha value is -4.65. The van der Waals surface area contributed by atoms with Gasteiger partial charge in [0.2, 0.25) is 12.1 Å². The summed E-state index contributed by atoms with van der Waals surface area (Å²) in [6, 6.07) is 29.9. The predicted molar refractivity (Wildman–Crippen MR) is 258 cm³/mol. The van der Waals surface area contributed by atoms with Crippen molar-refractivity contribution in [3.05, 3.63) is 126 Å². The van der Waals surface area contributed by atoms with Crippen molar-refractivity contribution in [1.29, 1.82) is 0 Å². The maximum atomic E-state index is 15.3. The van der Waals surface area contributed by atoms with Crippen LogP contribution in [0.4, 0.5) is 0 Å². The molecule has 0 bridgehead atoms. The maximum absolute atomic E-state index is 15.3. The molecule has 2 aliphatic heterocycles. The first-order chi connectivity index (χ1) is 32.0. The molecule has 2 fully saturated rings. The number of benzene rings is 4. The second-order valence-corrected chi connectivity index (χ2v) is 18.9. The number of aliphatic hydroxyl groups is 2. The number of thioether (sulfide) groups is 1. The van der Waals surface area contributed by atoms with Crippen LogP contribution in [0.2, 0.25) is 0 Å². The fourth-order valence-electron chi connectivity index (χ4n) is 10.6. The zero-order valence-electron chi connectivity index (χ0n) is 37.9. The molecule has 1 saturated heterocycles. The highest BCUT2D eigenvalue weighted by atomic mass is 32.2. The van der Waals surface area contributed by atoms with Gasteiger partial charge >= 0.3 is 0 Å². The van der Waals surface area contributed by atoms with Crippen LogP contribution in [0.15, 0.2) is 125 Å². The molecule has 0 spiro atoms. The second-order valence-electron chi connectivity index (χ2n) is 17.7. The van der Waals surface area contributed by atoms with Crippen LogP contribution in [0.3, 0.4) is 0 Å². The monoisotopic (exact) mass is 902 g/mol. The van der Waals surface area contributed by atoms with Crippen LogP contribution in [0.25, 0.3) is 10.8 Å². The van der Waals surface area contributed by atoms with Gasteiger partial charge in [0, 0.05) is 60.3 Å². The number of unbranched alkanes of at least 4 members (excludes halogenated alkanes) is 2. The van der Waals surface area contributed by atoms with E-state index in [0.717, 1.165) is 84.1 Å². The number of ether oxygens (including phenoxy) is 4. The molecule has 0 aromatic heterocycles. The fraction of sp³-hybridized carbons (Fsp3) is 0.481. The number of oxime groups is 1. The quantitative estimate of drug-likeness (QED) is 0.0344. The third-order valence-electron chi connectivity index (χ3n) is 13.5. The van der Waals surface area contributed by atoms with Crippen LogP contribution < -0.4 is 9.47 Å². The summed E-state index contributed by atoms with van der Waals surface area (Å²) in [6.07, 6.45) is 12.3. The van der Waals surface area contributed by atoms with Crippen molar-refractivity contribution >= 4 is 34.2 Å². The molecule has 346 valence electrons. The lowest BCUT2D eigenvalue weighted by Crippen LogP contribution is -2.70. The van der Waals surface area contributed by atoms with Crippen LogP contribution in [-0.4, -0.2) is 90.2 Å². The summed E-state index contributed by atoms with van der Waals surface area (Å²) in [5, 5.41) is 27.1. The van der Waals surface area contributed by atoms with Gasteiger partial charge in [0.25, 0.3) is 5.91 Å². The first-order valence-corrected chi connectivity index (χ1v) is 24.9. The lowest BCUT2D eigenvalue weighted by molar-refractivity contribution is -0.254. The molecular formula is C54H66N2O8S. The molecule has 2 N–H and O–H groups in total. The number of rotatable bonds is 22. The zero-order chi connectivity index (χ0) is 45.0. The highest BCUT2D eigenvalue weighted by molar-refractivity contribution is 7.99. The summed E-state index contributed by atoms with van der Waals surface area (Å²) >= 11 is 1.76. The van der Waals surface area contributed by atoms with Crippen LogP contribution in [-0.2, 0) is 14.3 Å². The fourth-order valence-corrected chi connectivity index (χ4v) is 11.4. The van der Waals surface area contributed by atoms with Crippen molar-refractivity contribution in [1.82, 2.24) is 4.90 Å². The van der Waals surface area contributed by atoms with Gasteiger partial charge in [-0.25, -0.2) is 0 Å². The van der Waals surface area contributed by atoms with E-state index in [4.69, 9.17) is 28.9 Å². The van der Waals surface area contributed by atoms with Gasteiger partial charge in [-0.2, -0.15) is 0 Å². The van der Waals surface area contributed by atoms with Gasteiger partial charge in [-0.1, -0.05) is 85.6 Å². The Balaban J connectivity index is 1.28. The Bertz CT molecular complexity index is 2260. The van der Waals surface area contributed by atoms with Crippen molar-refractivity contribution in [3.63, 3.8) is 0 Å². The van der Waals surface area contributed by atoms with Crippen molar-refractivity contribution < 1.29 is 38.8 Å². The van der Waals surface area contributed by atoms with Crippen molar-refractivity contribution in [2.45, 2.75) is 106 Å². The molecule has 1 saturated carbocycles. The van der Waals surface area contributed by atoms with E-state index in [1.165, 1.54) is 4.90 Å². The Morgan fingerprint density at radius 2 is 1.75 bits per heavy atom. The van der Waals surface area contributed by atoms with Gasteiger partial charge in [-0.15, -0.1) is 18.3 Å². The molecule has 65 heavy (non-hydrogen) atoms. The zero-order valence-corrected chi connectivity index (χ0v) is 38.7. The van der Waals surface area contributed by atoms with Crippen molar-refractivity contribution in [3.8, 4) is 11.5 Å². The van der Waals surface area contributed by atoms with Gasteiger partial charge in [0.15, 0.2) is 0 Å². The van der Waals surface area contributed by atoms with E-state index < -0.39 is 24.0 Å². The molecule has 0 radical (unpaired) electrons. The predicted octanol–water partition coefficient (Wildman–Crippen LogP) is 10.7. The Labute approximate surface area is 389 Å². The molecule has 4 aliphatic rings. The minimum atomic E-state index is -1.35. The topological polar surface area (TPSA) is 119 Å². The average Bonchev–Trinajstić information content (AvgIpc) is 3.34. The summed E-state index contributed by atoms with van der Waals surface area (Å²) < 4.78 is 27.3. The van der Waals surface area contributed by atoms with Crippen LogP contribution in [0.1, 0.15) is 99.4 Å². The molecule has 7 atom stereocenters. The molecule has 8 rings (SSSR count). The van der Waals surface area contributed by atoms with E-state index in [9.17, 15) is 10.2 Å². The number of aliphatic hydroxyl groups excluding tert-OH is 2. The van der Waals surface area contributed by atoms with Crippen molar-refractivity contribution in [2.24, 2.45) is 22.9 Å². The van der Waals surface area contributed by atoms with E-state index in [1.54, 1.807) is 17.8 Å². The molecule has 7 unspecified atom stereocenters. The third-order valence-corrected chi connectivity index (χ3v) is 14.5. The summed E-state index contributed by atoms with van der Waals surface area (Å²) in [4.78, 5) is 24.8. The summed E-state index contributed by atoms with van der Waals surface area (Å²) in [6.45, 7) is 8.24. The van der Waals surface area contributed by atoms with E-state index in [1.807, 2.05) is 59.5 Å². The Morgan fingerprint density at radius 1 is 0.954 bits per heavy atom. The van der Waals surface area contributed by atoms with Crippen molar-refractivity contribution in [2.75, 3.05) is 45.3 Å². The van der Waals surface area contributed by atoms with Crippen LogP contribution in [0.5, 0.6) is 11.5 Å². The molecule has 1 amide bonds. The number of amides is 1. The van der Waals surface area contributed by atoms with E-state index in [2.05, 4.69) is 56.0 Å². The largest absolute Gasteiger partial charge is 0.493 e. The molecule has 10 nitrogen and oxygen atoms in total. The normalized spacial score (nSPS) is 25.2. The van der Waals surface area contributed by atoms with Gasteiger partial charge in [0.05, 0.1) is 31.5 Å². The number of hydrogen-bond donors (Lipinski definition) is 2. The summed E-state index contributed by atoms with van der Waals surface area (Å²) in [5.41, 5.74) is 3.40. The third kappa shape index (κ3) is 10.7. The van der Waals surface area contributed by atoms with Gasteiger partial charge in [-0.05, 0) is 116 Å². The van der Waals surface area contributed by atoms with Gasteiger partial charge in [0.1, 0.15) is 17.5 Å². The van der Waals surface area contributed by atoms with Crippen LogP contribution >= 0.6 is 11.8 Å². The number of nitrogens with zero attached hydrogens (tertiary/aromatic N) is 2. The molecule has 4 aromatic carbocycles. The average molecular weight is 903 g/mol. The molecule has 2 heterocycles. The van der Waals surface area contributed by atoms with E-state index in [0.29, 0.717) is 56.8 Å². The highest BCUT2D eigenvalue weighted by Crippen LogP contribution is 2.62. The minimum Gasteiger partial charge on any atom is -0.493 e. The molecule has 2 aliphatic carbocycles. The molecular weight excluding hydrogens is 837 g/mol. The summed E-state index contributed by atoms with van der Waals surface area (Å²) in [5.74, 6) is 0.460. The number of carbonyl (C=O) groups is 1. The second kappa shape index (κ2) is 22.7. The standard InChI is InChI=1S/C54H66N2O8S/c1-3-27-56(53(59)41-24-23-38-16-8-9-17-39(38)34-41)49-37-47(55-64-50-22-12-15-31-61-50)45-35-40(18-10-13-28-57)44(21-11-14-29-58)51-46-36-42(60-32-33-65-43-19-6-5-7-20-43)25-26-48(46)63-54(49,52(45)51)62-30-4-2/h4-9,16-17,19-20,23-26,34-36,40,44,49-52,57-58H,2-3,10-15,18,21-22,27-33,37H2,1H3. The minimum absolute atomic E-state index is 0.102. The summed E-state index contributed by atoms with van der Waals surface area (Å²) in [7, 11) is 0. The number of fused-ring (bicyclic) bond motifs is 3. The Kier molecular flexibility index (Phi) is 16.4. The van der Waals surface area contributed by atoms with Gasteiger partial charge < -0.3 is 38.9 Å². The molecule has 11 heteroatoms. The maximum Gasteiger partial charge on any atom is 0.254 e. The highest BCUT2D eigenvalue weighted by Gasteiger charge is 2.65. The molecule has 4 aromatic rings. The van der Waals surface area contributed by atoms with Gasteiger partial charge in [-0.3, -0.25) is 4.79 Å². The number of hydrogen-bond acceptors (Lipinski definition) is 10. The smallest absolute Gasteiger partial charge is 0.254 e. The lowest BCUT2D eigenvalue weighted by Gasteiger charge is -2.60. The van der Waals surface area contributed by atoms with E-state index >= 15 is 4.79 Å². The number of carbonyl (C=O) groups excluding carboxylic acids is 1.